The van der Waals surface area contributed by atoms with E-state index in [2.05, 4.69) is 169 Å². The smallest absolute Gasteiger partial charge is 0.0725 e. The van der Waals surface area contributed by atoms with Crippen LogP contribution in [0.25, 0.3) is 76.7 Å². The molecule has 1 heterocycles. The highest BCUT2D eigenvalue weighted by molar-refractivity contribution is 6.32. The van der Waals surface area contributed by atoms with Gasteiger partial charge in [-0.05, 0) is 72.3 Å². The molecule has 0 radical (unpaired) electrons. The standard InChI is InChI=1S/C46H29N/c1-47-44-29(20-12-21-38(44)43-36-18-4-2-13-30(36)31-14-3-5-19-37(31)45(43)47)28-25-26-35-34-17-8-11-24-41(34)46(42(35)27-28)39-22-9-6-15-32(39)33-16-7-10-23-40(33)46/h2-27H,1H3. The lowest BCUT2D eigenvalue weighted by molar-refractivity contribution is 0.794. The van der Waals surface area contributed by atoms with Gasteiger partial charge in [-0.2, -0.15) is 0 Å². The van der Waals surface area contributed by atoms with Crippen LogP contribution in [0.2, 0.25) is 0 Å². The normalized spacial score (nSPS) is 13.8. The molecule has 0 fully saturated rings. The lowest BCUT2D eigenvalue weighted by Gasteiger charge is -2.30. The van der Waals surface area contributed by atoms with Crippen LogP contribution in [0.15, 0.2) is 158 Å². The van der Waals surface area contributed by atoms with Crippen molar-refractivity contribution < 1.29 is 0 Å². The predicted octanol–water partition coefficient (Wildman–Crippen LogP) is 11.6. The Hall–Kier alpha value is -5.92. The van der Waals surface area contributed by atoms with Gasteiger partial charge in [0.2, 0.25) is 0 Å². The molecular weight excluding hydrogens is 567 g/mol. The zero-order valence-electron chi connectivity index (χ0n) is 26.0. The first-order chi connectivity index (χ1) is 23.3. The Bertz CT molecular complexity index is 2750. The average molecular weight is 596 g/mol. The molecule has 0 amide bonds. The average Bonchev–Trinajstić information content (AvgIpc) is 3.73. The Balaban J connectivity index is 1.26. The summed E-state index contributed by atoms with van der Waals surface area (Å²) in [6, 6.07) is 59.1. The minimum Gasteiger partial charge on any atom is -0.343 e. The summed E-state index contributed by atoms with van der Waals surface area (Å²) in [6.07, 6.45) is 0. The van der Waals surface area contributed by atoms with Gasteiger partial charge in [-0.15, -0.1) is 0 Å². The Morgan fingerprint density at radius 2 is 0.830 bits per heavy atom. The molecule has 2 aliphatic carbocycles. The second-order valence-corrected chi connectivity index (χ2v) is 13.2. The molecule has 0 aliphatic heterocycles. The highest BCUT2D eigenvalue weighted by atomic mass is 14.9. The van der Waals surface area contributed by atoms with Crippen molar-refractivity contribution in [1.29, 1.82) is 0 Å². The van der Waals surface area contributed by atoms with Gasteiger partial charge in [0, 0.05) is 28.8 Å². The van der Waals surface area contributed by atoms with Crippen molar-refractivity contribution in [2.75, 3.05) is 0 Å². The summed E-state index contributed by atoms with van der Waals surface area (Å²) in [5, 5.41) is 7.86. The first-order valence-electron chi connectivity index (χ1n) is 16.5. The summed E-state index contributed by atoms with van der Waals surface area (Å²) < 4.78 is 2.45. The third kappa shape index (κ3) is 2.96. The van der Waals surface area contributed by atoms with Gasteiger partial charge in [0.05, 0.1) is 16.4 Å². The molecule has 11 rings (SSSR count). The summed E-state index contributed by atoms with van der Waals surface area (Å²) in [4.78, 5) is 0. The van der Waals surface area contributed by atoms with E-state index in [9.17, 15) is 0 Å². The first kappa shape index (κ1) is 25.3. The predicted molar refractivity (Wildman–Crippen MR) is 197 cm³/mol. The minimum absolute atomic E-state index is 0.353. The van der Waals surface area contributed by atoms with Crippen molar-refractivity contribution in [1.82, 2.24) is 4.57 Å². The number of aryl methyl sites for hydroxylation is 1. The number of hydrogen-bond acceptors (Lipinski definition) is 0. The van der Waals surface area contributed by atoms with Crippen LogP contribution in [-0.4, -0.2) is 4.57 Å². The van der Waals surface area contributed by atoms with E-state index in [1.807, 2.05) is 0 Å². The summed E-state index contributed by atoms with van der Waals surface area (Å²) >= 11 is 0. The molecule has 47 heavy (non-hydrogen) atoms. The van der Waals surface area contributed by atoms with Gasteiger partial charge in [0.15, 0.2) is 0 Å². The summed E-state index contributed by atoms with van der Waals surface area (Å²) in [5.41, 5.74) is 15.6. The molecular formula is C46H29N. The highest BCUT2D eigenvalue weighted by Crippen LogP contribution is 2.63. The van der Waals surface area contributed by atoms with E-state index in [-0.39, 0.29) is 5.41 Å². The van der Waals surface area contributed by atoms with Gasteiger partial charge in [-0.3, -0.25) is 0 Å². The van der Waals surface area contributed by atoms with E-state index in [1.54, 1.807) is 0 Å². The number of benzene rings is 8. The quantitative estimate of drug-likeness (QED) is 0.166. The zero-order valence-corrected chi connectivity index (χ0v) is 26.0. The van der Waals surface area contributed by atoms with E-state index < -0.39 is 0 Å². The second-order valence-electron chi connectivity index (χ2n) is 13.2. The van der Waals surface area contributed by atoms with Crippen LogP contribution in [0.4, 0.5) is 0 Å². The maximum absolute atomic E-state index is 2.51. The van der Waals surface area contributed by atoms with Gasteiger partial charge in [0.1, 0.15) is 0 Å². The fourth-order valence-electron chi connectivity index (χ4n) is 9.46. The Morgan fingerprint density at radius 1 is 0.362 bits per heavy atom. The molecule has 218 valence electrons. The summed E-state index contributed by atoms with van der Waals surface area (Å²) in [5.74, 6) is 0. The Labute approximate surface area is 273 Å². The maximum Gasteiger partial charge on any atom is 0.0725 e. The van der Waals surface area contributed by atoms with Crippen molar-refractivity contribution in [3.8, 4) is 33.4 Å². The first-order valence-corrected chi connectivity index (χ1v) is 16.5. The van der Waals surface area contributed by atoms with Gasteiger partial charge < -0.3 is 4.57 Å². The van der Waals surface area contributed by atoms with E-state index >= 15 is 0 Å². The van der Waals surface area contributed by atoms with Crippen LogP contribution in [-0.2, 0) is 12.5 Å². The molecule has 2 aliphatic rings. The van der Waals surface area contributed by atoms with Gasteiger partial charge in [-0.25, -0.2) is 0 Å². The molecule has 0 saturated heterocycles. The number of nitrogens with zero attached hydrogens (tertiary/aromatic N) is 1. The minimum atomic E-state index is -0.353. The van der Waals surface area contributed by atoms with Gasteiger partial charge >= 0.3 is 0 Å². The molecule has 1 aromatic heterocycles. The summed E-state index contributed by atoms with van der Waals surface area (Å²) in [7, 11) is 2.25. The zero-order chi connectivity index (χ0) is 30.9. The lowest BCUT2D eigenvalue weighted by Crippen LogP contribution is -2.25. The molecule has 1 spiro atoms. The van der Waals surface area contributed by atoms with Crippen molar-refractivity contribution in [2.24, 2.45) is 7.05 Å². The maximum atomic E-state index is 2.51. The monoisotopic (exact) mass is 595 g/mol. The van der Waals surface area contributed by atoms with Crippen molar-refractivity contribution in [3.63, 3.8) is 0 Å². The van der Waals surface area contributed by atoms with E-state index in [0.717, 1.165) is 0 Å². The van der Waals surface area contributed by atoms with Crippen molar-refractivity contribution >= 4 is 43.4 Å². The molecule has 0 unspecified atom stereocenters. The summed E-state index contributed by atoms with van der Waals surface area (Å²) in [6.45, 7) is 0. The Morgan fingerprint density at radius 3 is 1.47 bits per heavy atom. The van der Waals surface area contributed by atoms with E-state index in [0.29, 0.717) is 0 Å². The molecule has 0 N–H and O–H groups in total. The van der Waals surface area contributed by atoms with Crippen LogP contribution >= 0.6 is 0 Å². The molecule has 1 nitrogen and oxygen atoms in total. The molecule has 9 aromatic rings. The number of rotatable bonds is 1. The third-order valence-electron chi connectivity index (χ3n) is 11.2. The van der Waals surface area contributed by atoms with E-state index in [1.165, 1.54) is 99.0 Å². The fraction of sp³-hybridized carbons (Fsp3) is 0.0435. The number of hydrogen-bond donors (Lipinski definition) is 0. The number of aromatic nitrogens is 1. The SMILES string of the molecule is Cn1c2c(-c3ccc4c(c3)C3(c5ccccc5-c5ccccc53)c3ccccc3-4)cccc2c2c3ccccc3c3ccccc3c21. The van der Waals surface area contributed by atoms with Crippen LogP contribution in [0.1, 0.15) is 22.3 Å². The molecule has 0 saturated carbocycles. The fourth-order valence-corrected chi connectivity index (χ4v) is 9.46. The van der Waals surface area contributed by atoms with Crippen LogP contribution in [0, 0.1) is 0 Å². The molecule has 0 bridgehead atoms. The largest absolute Gasteiger partial charge is 0.343 e. The van der Waals surface area contributed by atoms with Crippen LogP contribution in [0.5, 0.6) is 0 Å². The van der Waals surface area contributed by atoms with Crippen LogP contribution in [0.3, 0.4) is 0 Å². The molecule has 1 heteroatoms. The molecule has 0 atom stereocenters. The highest BCUT2D eigenvalue weighted by Gasteiger charge is 2.51. The molecule has 8 aromatic carbocycles. The number of fused-ring (bicyclic) bond motifs is 18. The number of para-hydroxylation sites is 1. The van der Waals surface area contributed by atoms with Crippen molar-refractivity contribution in [3.05, 3.63) is 180 Å². The third-order valence-corrected chi connectivity index (χ3v) is 11.2. The lowest BCUT2D eigenvalue weighted by atomic mass is 9.70. The topological polar surface area (TPSA) is 4.93 Å². The van der Waals surface area contributed by atoms with E-state index in [4.69, 9.17) is 0 Å². The van der Waals surface area contributed by atoms with Gasteiger partial charge in [-0.1, -0.05) is 152 Å². The van der Waals surface area contributed by atoms with Gasteiger partial charge in [0.25, 0.3) is 0 Å². The van der Waals surface area contributed by atoms with Crippen molar-refractivity contribution in [2.45, 2.75) is 5.41 Å². The van der Waals surface area contributed by atoms with Crippen LogP contribution < -0.4 is 0 Å². The second kappa shape index (κ2) is 8.87. The Kier molecular flexibility index (Phi) is 4.77.